The second kappa shape index (κ2) is 5.35. The Morgan fingerprint density at radius 1 is 1.25 bits per heavy atom. The number of ether oxygens (including phenoxy) is 1. The Balaban J connectivity index is 2.86. The molecule has 16 heavy (non-hydrogen) atoms. The fraction of sp³-hybridized carbons (Fsp3) is 0.571. The summed E-state index contributed by atoms with van der Waals surface area (Å²) in [4.78, 5) is 0. The molecule has 0 heterocycles. The van der Waals surface area contributed by atoms with Crippen molar-refractivity contribution in [1.82, 2.24) is 0 Å². The van der Waals surface area contributed by atoms with Crippen molar-refractivity contribution in [3.63, 3.8) is 0 Å². The molecule has 2 nitrogen and oxygen atoms in total. The highest BCUT2D eigenvalue weighted by molar-refractivity contribution is 5.33. The van der Waals surface area contributed by atoms with Crippen molar-refractivity contribution in [3.05, 3.63) is 29.8 Å². The second-order valence-corrected chi connectivity index (χ2v) is 5.31. The Hall–Kier alpha value is -1.02. The van der Waals surface area contributed by atoms with Gasteiger partial charge in [0, 0.05) is 0 Å². The zero-order valence-electron chi connectivity index (χ0n) is 10.8. The fourth-order valence-corrected chi connectivity index (χ4v) is 1.88. The molecule has 1 aromatic carbocycles. The molecule has 0 aliphatic rings. The third-order valence-corrected chi connectivity index (χ3v) is 3.17. The summed E-state index contributed by atoms with van der Waals surface area (Å²) in [5.74, 6) is 1.44. The lowest BCUT2D eigenvalue weighted by molar-refractivity contribution is 0.243. The van der Waals surface area contributed by atoms with Gasteiger partial charge in [0.25, 0.3) is 0 Å². The van der Waals surface area contributed by atoms with Crippen LogP contribution in [0.1, 0.15) is 26.3 Å². The van der Waals surface area contributed by atoms with Crippen molar-refractivity contribution in [1.29, 1.82) is 0 Å². The van der Waals surface area contributed by atoms with E-state index in [2.05, 4.69) is 26.8 Å². The summed E-state index contributed by atoms with van der Waals surface area (Å²) in [5.41, 5.74) is 7.33. The average Bonchev–Trinajstić information content (AvgIpc) is 2.24. The third-order valence-electron chi connectivity index (χ3n) is 3.17. The Morgan fingerprint density at radius 2 is 1.88 bits per heavy atom. The first-order chi connectivity index (χ1) is 7.49. The molecule has 0 amide bonds. The van der Waals surface area contributed by atoms with Crippen LogP contribution in [0.25, 0.3) is 0 Å². The molecule has 0 bridgehead atoms. The number of nitrogens with two attached hydrogens (primary N) is 1. The van der Waals surface area contributed by atoms with Gasteiger partial charge in [0.1, 0.15) is 5.75 Å². The molecule has 2 heteroatoms. The van der Waals surface area contributed by atoms with E-state index >= 15 is 0 Å². The summed E-state index contributed by atoms with van der Waals surface area (Å²) in [6, 6.07) is 8.17. The first-order valence-corrected chi connectivity index (χ1v) is 5.81. The van der Waals surface area contributed by atoms with Gasteiger partial charge in [-0.25, -0.2) is 0 Å². The summed E-state index contributed by atoms with van der Waals surface area (Å²) in [6.45, 7) is 7.42. The van der Waals surface area contributed by atoms with E-state index in [0.717, 1.165) is 12.2 Å². The fourth-order valence-electron chi connectivity index (χ4n) is 1.88. The molecule has 0 saturated carbocycles. The van der Waals surface area contributed by atoms with Crippen molar-refractivity contribution in [3.8, 4) is 5.75 Å². The van der Waals surface area contributed by atoms with Gasteiger partial charge >= 0.3 is 0 Å². The maximum absolute atomic E-state index is 5.86. The molecule has 0 aliphatic carbocycles. The molecule has 90 valence electrons. The minimum absolute atomic E-state index is 0.232. The highest BCUT2D eigenvalue weighted by Crippen LogP contribution is 2.30. The van der Waals surface area contributed by atoms with E-state index in [1.807, 2.05) is 18.2 Å². The second-order valence-electron chi connectivity index (χ2n) is 5.31. The molecule has 0 spiro atoms. The van der Waals surface area contributed by atoms with Crippen LogP contribution in [0, 0.1) is 11.3 Å². The maximum atomic E-state index is 5.86. The standard InChI is InChI=1S/C14H23NO/c1-14(2,3)12(10-15)9-11-7-5-6-8-13(11)16-4/h5-8,12H,9-10,15H2,1-4H3. The molecule has 1 aromatic rings. The molecule has 0 aliphatic heterocycles. The largest absolute Gasteiger partial charge is 0.496 e. The number of hydrogen-bond acceptors (Lipinski definition) is 2. The normalized spacial score (nSPS) is 13.6. The van der Waals surface area contributed by atoms with Crippen LogP contribution in [0.2, 0.25) is 0 Å². The van der Waals surface area contributed by atoms with Gasteiger partial charge in [-0.15, -0.1) is 0 Å². The molecule has 1 atom stereocenters. The van der Waals surface area contributed by atoms with E-state index in [0.29, 0.717) is 12.5 Å². The first kappa shape index (κ1) is 13.0. The van der Waals surface area contributed by atoms with Gasteiger partial charge in [0.2, 0.25) is 0 Å². The summed E-state index contributed by atoms with van der Waals surface area (Å²) in [5, 5.41) is 0. The molecule has 0 fully saturated rings. The first-order valence-electron chi connectivity index (χ1n) is 5.81. The topological polar surface area (TPSA) is 35.2 Å². The van der Waals surface area contributed by atoms with Gasteiger partial charge < -0.3 is 10.5 Å². The summed E-state index contributed by atoms with van der Waals surface area (Å²) in [7, 11) is 1.72. The molecular weight excluding hydrogens is 198 g/mol. The molecule has 0 aromatic heterocycles. The summed E-state index contributed by atoms with van der Waals surface area (Å²) < 4.78 is 5.36. The van der Waals surface area contributed by atoms with Crippen LogP contribution < -0.4 is 10.5 Å². The molecule has 0 radical (unpaired) electrons. The van der Waals surface area contributed by atoms with Gasteiger partial charge in [-0.3, -0.25) is 0 Å². The van der Waals surface area contributed by atoms with Crippen molar-refractivity contribution in [2.45, 2.75) is 27.2 Å². The zero-order chi connectivity index (χ0) is 12.2. The lowest BCUT2D eigenvalue weighted by Gasteiger charge is -2.30. The highest BCUT2D eigenvalue weighted by atomic mass is 16.5. The Kier molecular flexibility index (Phi) is 4.36. The molecule has 1 unspecified atom stereocenters. The van der Waals surface area contributed by atoms with Crippen LogP contribution in [0.5, 0.6) is 5.75 Å². The molecule has 0 saturated heterocycles. The van der Waals surface area contributed by atoms with Crippen LogP contribution in [-0.2, 0) is 6.42 Å². The van der Waals surface area contributed by atoms with Gasteiger partial charge in [0.05, 0.1) is 7.11 Å². The van der Waals surface area contributed by atoms with E-state index in [1.165, 1.54) is 5.56 Å². The number of benzene rings is 1. The van der Waals surface area contributed by atoms with E-state index < -0.39 is 0 Å². The molecule has 2 N–H and O–H groups in total. The minimum Gasteiger partial charge on any atom is -0.496 e. The van der Waals surface area contributed by atoms with E-state index in [4.69, 9.17) is 10.5 Å². The average molecular weight is 221 g/mol. The number of hydrogen-bond donors (Lipinski definition) is 1. The van der Waals surface area contributed by atoms with Gasteiger partial charge in [-0.05, 0) is 35.9 Å². The van der Waals surface area contributed by atoms with E-state index in [1.54, 1.807) is 7.11 Å². The predicted octanol–water partition coefficient (Wildman–Crippen LogP) is 2.86. The lowest BCUT2D eigenvalue weighted by atomic mass is 9.77. The predicted molar refractivity (Wildman–Crippen MR) is 68.7 cm³/mol. The number of methoxy groups -OCH3 is 1. The van der Waals surface area contributed by atoms with Crippen LogP contribution in [0.15, 0.2) is 24.3 Å². The van der Waals surface area contributed by atoms with Crippen LogP contribution in [0.4, 0.5) is 0 Å². The quantitative estimate of drug-likeness (QED) is 0.848. The smallest absolute Gasteiger partial charge is 0.122 e. The summed E-state index contributed by atoms with van der Waals surface area (Å²) in [6.07, 6.45) is 0.976. The number of rotatable bonds is 4. The summed E-state index contributed by atoms with van der Waals surface area (Å²) >= 11 is 0. The zero-order valence-corrected chi connectivity index (χ0v) is 10.8. The van der Waals surface area contributed by atoms with Gasteiger partial charge in [0.15, 0.2) is 0 Å². The van der Waals surface area contributed by atoms with Crippen molar-refractivity contribution in [2.75, 3.05) is 13.7 Å². The number of para-hydroxylation sites is 1. The lowest BCUT2D eigenvalue weighted by Crippen LogP contribution is -2.30. The minimum atomic E-state index is 0.232. The highest BCUT2D eigenvalue weighted by Gasteiger charge is 2.24. The third kappa shape index (κ3) is 3.24. The Bertz CT molecular complexity index is 328. The molecular formula is C14H23NO. The Labute approximate surface area is 98.8 Å². The van der Waals surface area contributed by atoms with Crippen molar-refractivity contribution in [2.24, 2.45) is 17.1 Å². The SMILES string of the molecule is COc1ccccc1CC(CN)C(C)(C)C. The van der Waals surface area contributed by atoms with E-state index in [9.17, 15) is 0 Å². The van der Waals surface area contributed by atoms with Crippen LogP contribution >= 0.6 is 0 Å². The monoisotopic (exact) mass is 221 g/mol. The van der Waals surface area contributed by atoms with Crippen molar-refractivity contribution < 1.29 is 4.74 Å². The Morgan fingerprint density at radius 3 is 2.38 bits per heavy atom. The van der Waals surface area contributed by atoms with Crippen LogP contribution in [0.3, 0.4) is 0 Å². The van der Waals surface area contributed by atoms with Crippen molar-refractivity contribution >= 4 is 0 Å². The van der Waals surface area contributed by atoms with Crippen LogP contribution in [-0.4, -0.2) is 13.7 Å². The molecule has 1 rings (SSSR count). The van der Waals surface area contributed by atoms with Gasteiger partial charge in [-0.2, -0.15) is 0 Å². The van der Waals surface area contributed by atoms with Gasteiger partial charge in [-0.1, -0.05) is 39.0 Å². The maximum Gasteiger partial charge on any atom is 0.122 e. The van der Waals surface area contributed by atoms with E-state index in [-0.39, 0.29) is 5.41 Å².